The summed E-state index contributed by atoms with van der Waals surface area (Å²) in [6, 6.07) is 8.86. The molecule has 1 heterocycles. The topological polar surface area (TPSA) is 41.7 Å². The summed E-state index contributed by atoms with van der Waals surface area (Å²) in [6.45, 7) is 5.77. The van der Waals surface area contributed by atoms with E-state index in [-0.39, 0.29) is 0 Å². The Hall–Kier alpha value is -1.10. The van der Waals surface area contributed by atoms with Gasteiger partial charge in [0.25, 0.3) is 0 Å². The highest BCUT2D eigenvalue weighted by Gasteiger charge is 2.20. The van der Waals surface area contributed by atoms with Gasteiger partial charge < -0.3 is 4.74 Å². The van der Waals surface area contributed by atoms with Crippen molar-refractivity contribution in [2.45, 2.75) is 25.8 Å². The summed E-state index contributed by atoms with van der Waals surface area (Å²) in [6.07, 6.45) is 2.30. The predicted octanol–water partition coefficient (Wildman–Crippen LogP) is 1.64. The summed E-state index contributed by atoms with van der Waals surface area (Å²) in [5.74, 6) is 6.73. The van der Waals surface area contributed by atoms with E-state index in [1.54, 1.807) is 0 Å². The van der Waals surface area contributed by atoms with E-state index in [1.165, 1.54) is 5.56 Å². The van der Waals surface area contributed by atoms with Gasteiger partial charge in [0.05, 0.1) is 0 Å². The van der Waals surface area contributed by atoms with E-state index >= 15 is 0 Å². The molecule has 0 atom stereocenters. The zero-order valence-corrected chi connectivity index (χ0v) is 12.0. The number of hydrogen-bond donors (Lipinski definition) is 1. The molecule has 19 heavy (non-hydrogen) atoms. The molecule has 2 N–H and O–H groups in total. The number of nitrogens with two attached hydrogens (primary N) is 1. The van der Waals surface area contributed by atoms with E-state index in [0.29, 0.717) is 6.04 Å². The van der Waals surface area contributed by atoms with Crippen LogP contribution in [0.1, 0.15) is 18.4 Å². The molecule has 1 saturated heterocycles. The first kappa shape index (κ1) is 14.3. The molecule has 0 bridgehead atoms. The maximum atomic E-state index is 5.78. The Morgan fingerprint density at radius 3 is 2.53 bits per heavy atom. The zero-order chi connectivity index (χ0) is 13.7. The van der Waals surface area contributed by atoms with Crippen molar-refractivity contribution in [3.63, 3.8) is 0 Å². The van der Waals surface area contributed by atoms with E-state index in [4.69, 9.17) is 10.6 Å². The molecular weight excluding hydrogens is 238 g/mol. The minimum atomic E-state index is 0.640. The number of nitrogens with zero attached hydrogens (tertiary/aromatic N) is 2. The lowest BCUT2D eigenvalue weighted by molar-refractivity contribution is 0.115. The summed E-state index contributed by atoms with van der Waals surface area (Å²) in [5.41, 5.74) is 1.26. The molecule has 106 valence electrons. The van der Waals surface area contributed by atoms with Crippen LogP contribution in [0.25, 0.3) is 0 Å². The smallest absolute Gasteiger partial charge is 0.119 e. The number of piperidine rings is 1. The maximum Gasteiger partial charge on any atom is 0.119 e. The Labute approximate surface area is 116 Å². The van der Waals surface area contributed by atoms with Gasteiger partial charge in [-0.1, -0.05) is 17.7 Å². The minimum Gasteiger partial charge on any atom is -0.492 e. The molecule has 1 aliphatic heterocycles. The third-order valence-electron chi connectivity index (χ3n) is 3.86. The maximum absolute atomic E-state index is 5.78. The van der Waals surface area contributed by atoms with Gasteiger partial charge in [-0.3, -0.25) is 10.7 Å². The molecule has 0 amide bonds. The SMILES string of the molecule is Cc1ccc(OCCN(C)C2CCN(N)CC2)cc1. The fourth-order valence-electron chi connectivity index (χ4n) is 2.45. The quantitative estimate of drug-likeness (QED) is 0.820. The molecule has 1 aromatic rings. The van der Waals surface area contributed by atoms with Crippen LogP contribution in [-0.4, -0.2) is 49.2 Å². The molecule has 0 saturated carbocycles. The fraction of sp³-hybridized carbons (Fsp3) is 0.600. The molecule has 1 aromatic carbocycles. The van der Waals surface area contributed by atoms with Crippen molar-refractivity contribution in [3.05, 3.63) is 29.8 Å². The van der Waals surface area contributed by atoms with E-state index in [1.807, 2.05) is 17.1 Å². The Bertz CT molecular complexity index is 371. The van der Waals surface area contributed by atoms with Gasteiger partial charge in [0.1, 0.15) is 12.4 Å². The highest BCUT2D eigenvalue weighted by Crippen LogP contribution is 2.14. The normalized spacial score (nSPS) is 17.9. The number of benzene rings is 1. The molecule has 1 aliphatic rings. The number of hydrazine groups is 1. The zero-order valence-electron chi connectivity index (χ0n) is 12.0. The number of hydrogen-bond acceptors (Lipinski definition) is 4. The predicted molar refractivity (Wildman–Crippen MR) is 78.1 cm³/mol. The van der Waals surface area contributed by atoms with Crippen LogP contribution in [0.4, 0.5) is 0 Å². The second-order valence-corrected chi connectivity index (χ2v) is 5.41. The number of ether oxygens (including phenoxy) is 1. The van der Waals surface area contributed by atoms with Gasteiger partial charge in [-0.2, -0.15) is 0 Å². The highest BCUT2D eigenvalue weighted by molar-refractivity contribution is 5.26. The van der Waals surface area contributed by atoms with E-state index in [0.717, 1.165) is 44.8 Å². The highest BCUT2D eigenvalue weighted by atomic mass is 16.5. The average molecular weight is 263 g/mol. The largest absolute Gasteiger partial charge is 0.492 e. The minimum absolute atomic E-state index is 0.640. The fourth-order valence-corrected chi connectivity index (χ4v) is 2.45. The van der Waals surface area contributed by atoms with Crippen molar-refractivity contribution in [3.8, 4) is 5.75 Å². The molecule has 4 nitrogen and oxygen atoms in total. The van der Waals surface area contributed by atoms with Crippen molar-refractivity contribution in [1.82, 2.24) is 9.91 Å². The monoisotopic (exact) mass is 263 g/mol. The molecule has 1 fully saturated rings. The molecule has 4 heteroatoms. The summed E-state index contributed by atoms with van der Waals surface area (Å²) >= 11 is 0. The first-order valence-corrected chi connectivity index (χ1v) is 7.04. The Balaban J connectivity index is 1.69. The van der Waals surface area contributed by atoms with E-state index in [9.17, 15) is 0 Å². The first-order chi connectivity index (χ1) is 9.15. The second-order valence-electron chi connectivity index (χ2n) is 5.41. The van der Waals surface area contributed by atoms with Crippen molar-refractivity contribution >= 4 is 0 Å². The van der Waals surface area contributed by atoms with Gasteiger partial charge in [0, 0.05) is 25.7 Å². The number of aryl methyl sites for hydroxylation is 1. The lowest BCUT2D eigenvalue weighted by Gasteiger charge is -2.34. The summed E-state index contributed by atoms with van der Waals surface area (Å²) in [4.78, 5) is 2.39. The van der Waals surface area contributed by atoms with Gasteiger partial charge in [-0.05, 0) is 38.9 Å². The van der Waals surface area contributed by atoms with Crippen molar-refractivity contribution in [2.24, 2.45) is 5.84 Å². The first-order valence-electron chi connectivity index (χ1n) is 7.04. The Morgan fingerprint density at radius 2 is 1.89 bits per heavy atom. The Morgan fingerprint density at radius 1 is 1.26 bits per heavy atom. The average Bonchev–Trinajstić information content (AvgIpc) is 2.41. The van der Waals surface area contributed by atoms with Crippen LogP contribution in [0.3, 0.4) is 0 Å². The molecule has 0 aliphatic carbocycles. The summed E-state index contributed by atoms with van der Waals surface area (Å²) < 4.78 is 5.77. The lowest BCUT2D eigenvalue weighted by Crippen LogP contribution is -2.46. The third kappa shape index (κ3) is 4.49. The van der Waals surface area contributed by atoms with Crippen LogP contribution in [0.15, 0.2) is 24.3 Å². The van der Waals surface area contributed by atoms with E-state index < -0.39 is 0 Å². The number of likely N-dealkylation sites (N-methyl/N-ethyl adjacent to an activating group) is 1. The van der Waals surface area contributed by atoms with Crippen molar-refractivity contribution in [1.29, 1.82) is 0 Å². The summed E-state index contributed by atoms with van der Waals surface area (Å²) in [7, 11) is 2.18. The van der Waals surface area contributed by atoms with Crippen LogP contribution in [0.2, 0.25) is 0 Å². The van der Waals surface area contributed by atoms with Crippen LogP contribution in [-0.2, 0) is 0 Å². The molecule has 2 rings (SSSR count). The Kier molecular flexibility index (Phi) is 5.19. The van der Waals surface area contributed by atoms with Crippen LogP contribution in [0.5, 0.6) is 5.75 Å². The van der Waals surface area contributed by atoms with Gasteiger partial charge in [0.15, 0.2) is 0 Å². The molecule has 0 radical (unpaired) electrons. The van der Waals surface area contributed by atoms with Crippen LogP contribution >= 0.6 is 0 Å². The third-order valence-corrected chi connectivity index (χ3v) is 3.86. The van der Waals surface area contributed by atoms with Gasteiger partial charge in [-0.25, -0.2) is 5.01 Å². The lowest BCUT2D eigenvalue weighted by atomic mass is 10.1. The second kappa shape index (κ2) is 6.89. The van der Waals surface area contributed by atoms with Crippen molar-refractivity contribution < 1.29 is 4.74 Å². The molecule has 0 spiro atoms. The van der Waals surface area contributed by atoms with Crippen LogP contribution in [0, 0.1) is 6.92 Å². The van der Waals surface area contributed by atoms with Gasteiger partial charge >= 0.3 is 0 Å². The molecule has 0 unspecified atom stereocenters. The number of rotatable bonds is 5. The van der Waals surface area contributed by atoms with Crippen LogP contribution < -0.4 is 10.6 Å². The van der Waals surface area contributed by atoms with E-state index in [2.05, 4.69) is 31.0 Å². The van der Waals surface area contributed by atoms with Gasteiger partial charge in [-0.15, -0.1) is 0 Å². The molecule has 0 aromatic heterocycles. The van der Waals surface area contributed by atoms with Crippen molar-refractivity contribution in [2.75, 3.05) is 33.3 Å². The molecular formula is C15H25N3O. The van der Waals surface area contributed by atoms with Gasteiger partial charge in [0.2, 0.25) is 0 Å². The summed E-state index contributed by atoms with van der Waals surface area (Å²) in [5, 5.41) is 1.91. The standard InChI is InChI=1S/C15H25N3O/c1-13-3-5-15(6-4-13)19-12-11-17(2)14-7-9-18(16)10-8-14/h3-6,14H,7-12,16H2,1-2H3.